The van der Waals surface area contributed by atoms with Crippen LogP contribution in [0.4, 0.5) is 13.2 Å². The Bertz CT molecular complexity index is 373. The van der Waals surface area contributed by atoms with Crippen LogP contribution in [0.2, 0.25) is 0 Å². The zero-order valence-electron chi connectivity index (χ0n) is 8.13. The molecule has 90 valence electrons. The first-order valence-corrected chi connectivity index (χ1v) is 5.66. The number of hydrogen-bond donors (Lipinski definition) is 2. The minimum atomic E-state index is -1.78. The summed E-state index contributed by atoms with van der Waals surface area (Å²) in [6, 6.07) is 1.33. The van der Waals surface area contributed by atoms with E-state index >= 15 is 0 Å². The molecule has 0 saturated carbocycles. The van der Waals surface area contributed by atoms with Gasteiger partial charge in [0.15, 0.2) is 11.6 Å². The molecule has 0 bridgehead atoms. The Balaban J connectivity index is 3.07. The molecule has 0 aliphatic heterocycles. The van der Waals surface area contributed by atoms with Crippen molar-refractivity contribution in [3.63, 3.8) is 0 Å². The molecule has 0 aromatic heterocycles. The van der Waals surface area contributed by atoms with E-state index in [4.69, 9.17) is 0 Å². The molecule has 0 heterocycles. The van der Waals surface area contributed by atoms with Crippen molar-refractivity contribution in [3.05, 3.63) is 35.1 Å². The fourth-order valence-electron chi connectivity index (χ4n) is 1.28. The molecule has 6 heteroatoms. The molecule has 0 amide bonds. The molecular weight excluding hydrogens is 289 g/mol. The zero-order valence-corrected chi connectivity index (χ0v) is 9.72. The largest absolute Gasteiger partial charge is 0.390 e. The highest BCUT2D eigenvalue weighted by Gasteiger charge is 2.26. The van der Waals surface area contributed by atoms with Crippen LogP contribution >= 0.6 is 15.9 Å². The normalized spacial score (nSPS) is 14.9. The molecule has 1 aromatic rings. The fourth-order valence-corrected chi connectivity index (χ4v) is 1.75. The molecule has 2 nitrogen and oxygen atoms in total. The van der Waals surface area contributed by atoms with E-state index < -0.39 is 35.2 Å². The van der Waals surface area contributed by atoms with Gasteiger partial charge in [-0.15, -0.1) is 0 Å². The first-order valence-electron chi connectivity index (χ1n) is 4.54. The lowest BCUT2D eigenvalue weighted by Gasteiger charge is -2.18. The minimum Gasteiger partial charge on any atom is -0.390 e. The maximum atomic E-state index is 13.2. The zero-order chi connectivity index (χ0) is 12.3. The Hall–Kier alpha value is -0.590. The number of benzene rings is 1. The van der Waals surface area contributed by atoms with Crippen molar-refractivity contribution in [1.82, 2.24) is 0 Å². The second-order valence-electron chi connectivity index (χ2n) is 3.25. The summed E-state index contributed by atoms with van der Waals surface area (Å²) in [7, 11) is 0. The summed E-state index contributed by atoms with van der Waals surface area (Å²) in [6.07, 6.45) is -3.05. The first-order chi connectivity index (χ1) is 7.49. The van der Waals surface area contributed by atoms with Gasteiger partial charge in [0, 0.05) is 5.33 Å². The Morgan fingerprint density at radius 3 is 2.25 bits per heavy atom. The van der Waals surface area contributed by atoms with Gasteiger partial charge in [-0.1, -0.05) is 15.9 Å². The van der Waals surface area contributed by atoms with Crippen molar-refractivity contribution in [2.75, 3.05) is 5.33 Å². The van der Waals surface area contributed by atoms with Crippen molar-refractivity contribution in [3.8, 4) is 0 Å². The van der Waals surface area contributed by atoms with Crippen molar-refractivity contribution in [1.29, 1.82) is 0 Å². The number of alkyl halides is 1. The molecule has 0 saturated heterocycles. The van der Waals surface area contributed by atoms with E-state index in [2.05, 4.69) is 15.9 Å². The molecule has 16 heavy (non-hydrogen) atoms. The van der Waals surface area contributed by atoms with Crippen LogP contribution in [0, 0.1) is 17.5 Å². The van der Waals surface area contributed by atoms with Crippen LogP contribution < -0.4 is 0 Å². The number of halogens is 4. The Labute approximate surface area is 98.8 Å². The van der Waals surface area contributed by atoms with Crippen LogP contribution in [-0.2, 0) is 0 Å². The van der Waals surface area contributed by atoms with Gasteiger partial charge in [0.2, 0.25) is 0 Å². The van der Waals surface area contributed by atoms with Crippen LogP contribution in [-0.4, -0.2) is 21.6 Å². The summed E-state index contributed by atoms with van der Waals surface area (Å²) in [5, 5.41) is 19.2. The molecule has 0 spiro atoms. The fraction of sp³-hybridized carbons (Fsp3) is 0.400. The molecule has 0 radical (unpaired) electrons. The summed E-state index contributed by atoms with van der Waals surface area (Å²) in [5.41, 5.74) is -0.839. The molecular formula is C10H10BrF3O2. The third kappa shape index (κ3) is 2.75. The van der Waals surface area contributed by atoms with E-state index in [-0.39, 0.29) is 6.42 Å². The van der Waals surface area contributed by atoms with E-state index in [9.17, 15) is 23.4 Å². The lowest BCUT2D eigenvalue weighted by Crippen LogP contribution is -2.21. The van der Waals surface area contributed by atoms with E-state index in [1.807, 2.05) is 0 Å². The molecule has 0 aliphatic rings. The van der Waals surface area contributed by atoms with Gasteiger partial charge >= 0.3 is 0 Å². The molecule has 1 rings (SSSR count). The highest BCUT2D eigenvalue weighted by Crippen LogP contribution is 2.26. The summed E-state index contributed by atoms with van der Waals surface area (Å²) >= 11 is 3.01. The average Bonchev–Trinajstić information content (AvgIpc) is 2.24. The summed E-state index contributed by atoms with van der Waals surface area (Å²) in [5.74, 6) is -3.82. The van der Waals surface area contributed by atoms with E-state index in [1.54, 1.807) is 0 Å². The highest BCUT2D eigenvalue weighted by molar-refractivity contribution is 9.09. The number of aliphatic hydroxyl groups is 2. The third-order valence-electron chi connectivity index (χ3n) is 2.14. The second kappa shape index (κ2) is 5.65. The number of rotatable bonds is 4. The Morgan fingerprint density at radius 1 is 1.12 bits per heavy atom. The van der Waals surface area contributed by atoms with Gasteiger partial charge in [0.1, 0.15) is 11.9 Å². The van der Waals surface area contributed by atoms with E-state index in [1.165, 1.54) is 0 Å². The highest BCUT2D eigenvalue weighted by atomic mass is 79.9. The van der Waals surface area contributed by atoms with Crippen molar-refractivity contribution < 1.29 is 23.4 Å². The third-order valence-corrected chi connectivity index (χ3v) is 2.60. The lowest BCUT2D eigenvalue weighted by atomic mass is 10.0. The van der Waals surface area contributed by atoms with Crippen LogP contribution in [0.1, 0.15) is 18.1 Å². The SMILES string of the molecule is OC(CCBr)C(O)c1c(F)ccc(F)c1F. The predicted molar refractivity (Wildman–Crippen MR) is 55.7 cm³/mol. The molecule has 2 atom stereocenters. The van der Waals surface area contributed by atoms with Gasteiger partial charge in [-0.3, -0.25) is 0 Å². The Kier molecular flexibility index (Phi) is 4.76. The maximum Gasteiger partial charge on any atom is 0.167 e. The monoisotopic (exact) mass is 298 g/mol. The van der Waals surface area contributed by atoms with Crippen LogP contribution in [0.25, 0.3) is 0 Å². The molecule has 0 fully saturated rings. The first kappa shape index (κ1) is 13.5. The van der Waals surface area contributed by atoms with Crippen LogP contribution in [0.5, 0.6) is 0 Å². The molecule has 0 aliphatic carbocycles. The quantitative estimate of drug-likeness (QED) is 0.661. The molecule has 2 N–H and O–H groups in total. The topological polar surface area (TPSA) is 40.5 Å². The van der Waals surface area contributed by atoms with Crippen molar-refractivity contribution >= 4 is 15.9 Å². The summed E-state index contributed by atoms with van der Waals surface area (Å²) in [4.78, 5) is 0. The molecule has 2 unspecified atom stereocenters. The van der Waals surface area contributed by atoms with Crippen molar-refractivity contribution in [2.45, 2.75) is 18.6 Å². The average molecular weight is 299 g/mol. The maximum absolute atomic E-state index is 13.2. The van der Waals surface area contributed by atoms with Crippen molar-refractivity contribution in [2.24, 2.45) is 0 Å². The standard InChI is InChI=1S/C10H10BrF3O2/c11-4-3-7(15)10(16)8-5(12)1-2-6(13)9(8)14/h1-2,7,10,15-16H,3-4H2. The Morgan fingerprint density at radius 2 is 1.69 bits per heavy atom. The lowest BCUT2D eigenvalue weighted by molar-refractivity contribution is 0.0126. The van der Waals surface area contributed by atoms with Gasteiger partial charge in [0.25, 0.3) is 0 Å². The summed E-state index contributed by atoms with van der Waals surface area (Å²) in [6.45, 7) is 0. The van der Waals surface area contributed by atoms with E-state index in [0.717, 1.165) is 0 Å². The van der Waals surface area contributed by atoms with Gasteiger partial charge in [-0.05, 0) is 18.6 Å². The summed E-state index contributed by atoms with van der Waals surface area (Å²) < 4.78 is 39.2. The van der Waals surface area contributed by atoms with Crippen LogP contribution in [0.3, 0.4) is 0 Å². The van der Waals surface area contributed by atoms with Crippen LogP contribution in [0.15, 0.2) is 12.1 Å². The molecule has 1 aromatic carbocycles. The smallest absolute Gasteiger partial charge is 0.167 e. The minimum absolute atomic E-state index is 0.0938. The van der Waals surface area contributed by atoms with E-state index in [0.29, 0.717) is 17.5 Å². The van der Waals surface area contributed by atoms with Gasteiger partial charge in [0.05, 0.1) is 11.7 Å². The van der Waals surface area contributed by atoms with Gasteiger partial charge < -0.3 is 10.2 Å². The second-order valence-corrected chi connectivity index (χ2v) is 4.04. The van der Waals surface area contributed by atoms with Gasteiger partial charge in [-0.25, -0.2) is 13.2 Å². The number of hydrogen-bond acceptors (Lipinski definition) is 2. The number of aliphatic hydroxyl groups excluding tert-OH is 2. The predicted octanol–water partition coefficient (Wildman–Crippen LogP) is 2.28. The van der Waals surface area contributed by atoms with Gasteiger partial charge in [-0.2, -0.15) is 0 Å².